The molecule has 1 saturated heterocycles. The maximum absolute atomic E-state index is 12.0. The number of carbonyl (C=O) groups is 2. The zero-order valence-electron chi connectivity index (χ0n) is 12.4. The third-order valence-electron chi connectivity index (χ3n) is 3.66. The fourth-order valence-corrected chi connectivity index (χ4v) is 2.51. The Balaban J connectivity index is 1.85. The number of carbonyl (C=O) groups excluding carboxylic acids is 2. The van der Waals surface area contributed by atoms with Crippen LogP contribution >= 0.6 is 0 Å². The Bertz CT molecular complexity index is 477. The Morgan fingerprint density at radius 2 is 1.71 bits per heavy atom. The highest BCUT2D eigenvalue weighted by Gasteiger charge is 2.13. The van der Waals surface area contributed by atoms with E-state index in [1.165, 1.54) is 32.8 Å². The molecule has 1 aromatic carbocycles. The van der Waals surface area contributed by atoms with Crippen LogP contribution < -0.4 is 5.32 Å². The van der Waals surface area contributed by atoms with Crippen molar-refractivity contribution in [3.63, 3.8) is 0 Å². The highest BCUT2D eigenvalue weighted by atomic mass is 16.5. The van der Waals surface area contributed by atoms with E-state index in [0.717, 1.165) is 13.1 Å². The second-order valence-electron chi connectivity index (χ2n) is 5.31. The van der Waals surface area contributed by atoms with E-state index in [4.69, 9.17) is 0 Å². The van der Waals surface area contributed by atoms with Gasteiger partial charge in [0.05, 0.1) is 19.2 Å². The predicted molar refractivity (Wildman–Crippen MR) is 81.3 cm³/mol. The Morgan fingerprint density at radius 3 is 2.29 bits per heavy atom. The van der Waals surface area contributed by atoms with Crippen LogP contribution in [0.2, 0.25) is 0 Å². The minimum Gasteiger partial charge on any atom is -0.465 e. The lowest BCUT2D eigenvalue weighted by molar-refractivity contribution is -0.117. The number of nitrogens with one attached hydrogen (secondary N) is 1. The summed E-state index contributed by atoms with van der Waals surface area (Å²) >= 11 is 0. The molecule has 0 aliphatic carbocycles. The lowest BCUT2D eigenvalue weighted by Gasteiger charge is -2.18. The van der Waals surface area contributed by atoms with Gasteiger partial charge in [0, 0.05) is 5.69 Å². The monoisotopic (exact) mass is 290 g/mol. The van der Waals surface area contributed by atoms with Crippen LogP contribution in [0.25, 0.3) is 0 Å². The zero-order valence-corrected chi connectivity index (χ0v) is 12.4. The highest BCUT2D eigenvalue weighted by molar-refractivity contribution is 5.93. The molecular formula is C16H22N2O3. The van der Waals surface area contributed by atoms with Crippen molar-refractivity contribution in [3.05, 3.63) is 29.8 Å². The molecule has 1 heterocycles. The predicted octanol–water partition coefficient (Wildman–Crippen LogP) is 2.29. The SMILES string of the molecule is COC(=O)c1ccc(NC(=O)CN2CCCCCC2)cc1. The summed E-state index contributed by atoms with van der Waals surface area (Å²) in [6.45, 7) is 2.42. The van der Waals surface area contributed by atoms with Crippen LogP contribution in [0.5, 0.6) is 0 Å². The molecule has 114 valence electrons. The number of anilines is 1. The van der Waals surface area contributed by atoms with E-state index in [1.807, 2.05) is 0 Å². The van der Waals surface area contributed by atoms with Gasteiger partial charge in [-0.3, -0.25) is 9.69 Å². The van der Waals surface area contributed by atoms with E-state index in [0.29, 0.717) is 17.8 Å². The molecule has 0 bridgehead atoms. The number of esters is 1. The lowest BCUT2D eigenvalue weighted by Crippen LogP contribution is -2.33. The van der Waals surface area contributed by atoms with Crippen molar-refractivity contribution in [3.8, 4) is 0 Å². The van der Waals surface area contributed by atoms with Crippen LogP contribution in [0.15, 0.2) is 24.3 Å². The number of benzene rings is 1. The van der Waals surface area contributed by atoms with Gasteiger partial charge in [0.25, 0.3) is 0 Å². The van der Waals surface area contributed by atoms with Gasteiger partial charge in [-0.05, 0) is 50.2 Å². The molecule has 1 N–H and O–H groups in total. The average molecular weight is 290 g/mol. The summed E-state index contributed by atoms with van der Waals surface area (Å²) in [6, 6.07) is 6.72. The molecular weight excluding hydrogens is 268 g/mol. The van der Waals surface area contributed by atoms with Gasteiger partial charge in [-0.25, -0.2) is 4.79 Å². The second kappa shape index (κ2) is 7.78. The standard InChI is InChI=1S/C16H22N2O3/c1-21-16(20)13-6-8-14(9-7-13)17-15(19)12-18-10-4-2-3-5-11-18/h6-9H,2-5,10-12H2,1H3,(H,17,19). The summed E-state index contributed by atoms with van der Waals surface area (Å²) in [5.41, 5.74) is 1.17. The average Bonchev–Trinajstić information content (AvgIpc) is 2.75. The van der Waals surface area contributed by atoms with Crippen LogP contribution in [0.4, 0.5) is 5.69 Å². The van der Waals surface area contributed by atoms with Crippen molar-refractivity contribution in [1.82, 2.24) is 4.90 Å². The third-order valence-corrected chi connectivity index (χ3v) is 3.66. The first-order chi connectivity index (χ1) is 10.2. The van der Waals surface area contributed by atoms with Gasteiger partial charge in [-0.2, -0.15) is 0 Å². The van der Waals surface area contributed by atoms with E-state index in [9.17, 15) is 9.59 Å². The number of ether oxygens (including phenoxy) is 1. The van der Waals surface area contributed by atoms with Crippen molar-refractivity contribution in [2.75, 3.05) is 32.1 Å². The maximum atomic E-state index is 12.0. The number of likely N-dealkylation sites (tertiary alicyclic amines) is 1. The normalized spacial score (nSPS) is 16.0. The first-order valence-corrected chi connectivity index (χ1v) is 7.39. The van der Waals surface area contributed by atoms with Gasteiger partial charge in [-0.1, -0.05) is 12.8 Å². The van der Waals surface area contributed by atoms with Gasteiger partial charge in [-0.15, -0.1) is 0 Å². The number of amides is 1. The molecule has 5 heteroatoms. The molecule has 0 saturated carbocycles. The molecule has 0 unspecified atom stereocenters. The van der Waals surface area contributed by atoms with Gasteiger partial charge in [0.15, 0.2) is 0 Å². The van der Waals surface area contributed by atoms with E-state index in [2.05, 4.69) is 15.0 Å². The van der Waals surface area contributed by atoms with E-state index >= 15 is 0 Å². The van der Waals surface area contributed by atoms with Crippen molar-refractivity contribution in [2.24, 2.45) is 0 Å². The summed E-state index contributed by atoms with van der Waals surface area (Å²) in [5, 5.41) is 2.86. The van der Waals surface area contributed by atoms with E-state index < -0.39 is 0 Å². The molecule has 21 heavy (non-hydrogen) atoms. The molecule has 2 rings (SSSR count). The van der Waals surface area contributed by atoms with E-state index in [-0.39, 0.29) is 11.9 Å². The summed E-state index contributed by atoms with van der Waals surface area (Å²) in [4.78, 5) is 25.5. The second-order valence-corrected chi connectivity index (χ2v) is 5.31. The lowest BCUT2D eigenvalue weighted by atomic mass is 10.2. The van der Waals surface area contributed by atoms with Crippen LogP contribution in [0.3, 0.4) is 0 Å². The topological polar surface area (TPSA) is 58.6 Å². The minimum absolute atomic E-state index is 0.0114. The molecule has 1 aromatic rings. The molecule has 1 amide bonds. The van der Waals surface area contributed by atoms with Crippen molar-refractivity contribution < 1.29 is 14.3 Å². The first-order valence-electron chi connectivity index (χ1n) is 7.39. The Labute approximate surface area is 125 Å². The van der Waals surface area contributed by atoms with Crippen LogP contribution in [0, 0.1) is 0 Å². The van der Waals surface area contributed by atoms with Gasteiger partial charge < -0.3 is 10.1 Å². The molecule has 1 fully saturated rings. The van der Waals surface area contributed by atoms with Crippen LogP contribution in [-0.2, 0) is 9.53 Å². The van der Waals surface area contributed by atoms with Gasteiger partial charge in [0.2, 0.25) is 5.91 Å². The Hall–Kier alpha value is -1.88. The van der Waals surface area contributed by atoms with E-state index in [1.54, 1.807) is 24.3 Å². The number of methoxy groups -OCH3 is 1. The fraction of sp³-hybridized carbons (Fsp3) is 0.500. The number of nitrogens with zero attached hydrogens (tertiary/aromatic N) is 1. The smallest absolute Gasteiger partial charge is 0.337 e. The molecule has 5 nitrogen and oxygen atoms in total. The Kier molecular flexibility index (Phi) is 5.75. The molecule has 1 aliphatic rings. The third kappa shape index (κ3) is 4.86. The van der Waals surface area contributed by atoms with Gasteiger partial charge in [0.1, 0.15) is 0 Å². The number of rotatable bonds is 4. The maximum Gasteiger partial charge on any atom is 0.337 e. The van der Waals surface area contributed by atoms with Crippen LogP contribution in [0.1, 0.15) is 36.0 Å². The summed E-state index contributed by atoms with van der Waals surface area (Å²) in [5.74, 6) is -0.389. The summed E-state index contributed by atoms with van der Waals surface area (Å²) in [7, 11) is 1.35. The molecule has 1 aliphatic heterocycles. The summed E-state index contributed by atoms with van der Waals surface area (Å²) < 4.78 is 4.64. The zero-order chi connectivity index (χ0) is 15.1. The quantitative estimate of drug-likeness (QED) is 0.864. The molecule has 0 atom stereocenters. The van der Waals surface area contributed by atoms with Crippen molar-refractivity contribution in [1.29, 1.82) is 0 Å². The molecule has 0 radical (unpaired) electrons. The Morgan fingerprint density at radius 1 is 1.10 bits per heavy atom. The number of hydrogen-bond donors (Lipinski definition) is 1. The fourth-order valence-electron chi connectivity index (χ4n) is 2.51. The van der Waals surface area contributed by atoms with Crippen molar-refractivity contribution in [2.45, 2.75) is 25.7 Å². The molecule has 0 spiro atoms. The van der Waals surface area contributed by atoms with Crippen LogP contribution in [-0.4, -0.2) is 43.5 Å². The highest BCUT2D eigenvalue weighted by Crippen LogP contribution is 2.12. The number of hydrogen-bond acceptors (Lipinski definition) is 4. The minimum atomic E-state index is -0.377. The largest absolute Gasteiger partial charge is 0.465 e. The van der Waals surface area contributed by atoms with Crippen molar-refractivity contribution >= 4 is 17.6 Å². The first kappa shape index (κ1) is 15.5. The molecule has 0 aromatic heterocycles. The summed E-state index contributed by atoms with van der Waals surface area (Å²) in [6.07, 6.45) is 4.85. The van der Waals surface area contributed by atoms with Gasteiger partial charge >= 0.3 is 5.97 Å².